The Kier molecular flexibility index (Phi) is 10.4. The number of nitrogens with one attached hydrogen (secondary N) is 1. The smallest absolute Gasteiger partial charge is 0.261 e. The Morgan fingerprint density at radius 1 is 1.13 bits per heavy atom. The van der Waals surface area contributed by atoms with Crippen LogP contribution >= 0.6 is 50.7 Å². The number of hydrogen-bond acceptors (Lipinski definition) is 3. The molecule has 2 aromatic carbocycles. The lowest BCUT2D eigenvalue weighted by Crippen LogP contribution is -2.49. The predicted octanol–water partition coefficient (Wildman–Crippen LogP) is 6.12. The van der Waals surface area contributed by atoms with Gasteiger partial charge in [0.2, 0.25) is 5.91 Å². The third-order valence-electron chi connectivity index (χ3n) is 4.60. The fourth-order valence-electron chi connectivity index (χ4n) is 2.77. The molecular weight excluding hydrogens is 527 g/mol. The van der Waals surface area contributed by atoms with Crippen LogP contribution < -0.4 is 10.1 Å². The first-order valence-corrected chi connectivity index (χ1v) is 11.7. The Labute approximate surface area is 206 Å². The normalized spacial score (nSPS) is 11.7. The van der Waals surface area contributed by atoms with Crippen LogP contribution in [0.1, 0.15) is 32.3 Å². The van der Waals surface area contributed by atoms with Gasteiger partial charge in [0.1, 0.15) is 11.8 Å². The molecule has 1 N–H and O–H groups in total. The second-order valence-corrected chi connectivity index (χ2v) is 9.11. The van der Waals surface area contributed by atoms with Crippen molar-refractivity contribution in [2.75, 3.05) is 13.2 Å². The van der Waals surface area contributed by atoms with Crippen molar-refractivity contribution in [1.82, 2.24) is 10.2 Å². The van der Waals surface area contributed by atoms with E-state index in [4.69, 9.17) is 39.5 Å². The van der Waals surface area contributed by atoms with Crippen LogP contribution in [0.5, 0.6) is 5.75 Å². The molecule has 0 aliphatic rings. The second-order valence-electron chi connectivity index (χ2n) is 6.94. The van der Waals surface area contributed by atoms with Crippen molar-refractivity contribution >= 4 is 62.5 Å². The van der Waals surface area contributed by atoms with E-state index in [-0.39, 0.29) is 25.0 Å². The highest BCUT2D eigenvalue weighted by Crippen LogP contribution is 2.28. The topological polar surface area (TPSA) is 58.6 Å². The van der Waals surface area contributed by atoms with Crippen molar-refractivity contribution in [2.45, 2.75) is 39.3 Å². The van der Waals surface area contributed by atoms with E-state index in [1.165, 1.54) is 4.90 Å². The summed E-state index contributed by atoms with van der Waals surface area (Å²) in [5, 5.41) is 4.15. The van der Waals surface area contributed by atoms with E-state index in [1.54, 1.807) is 43.3 Å². The van der Waals surface area contributed by atoms with Crippen molar-refractivity contribution < 1.29 is 14.3 Å². The van der Waals surface area contributed by atoms with Crippen molar-refractivity contribution in [3.05, 3.63) is 61.5 Å². The van der Waals surface area contributed by atoms with Gasteiger partial charge in [-0.05, 0) is 49.2 Å². The number of ether oxygens (including phenoxy) is 1. The largest absolute Gasteiger partial charge is 0.482 e. The maximum atomic E-state index is 13.1. The number of carbonyl (C=O) groups excluding carboxylic acids is 2. The number of benzene rings is 2. The van der Waals surface area contributed by atoms with E-state index in [2.05, 4.69) is 21.2 Å². The van der Waals surface area contributed by atoms with Gasteiger partial charge in [-0.1, -0.05) is 70.1 Å². The third kappa shape index (κ3) is 7.86. The zero-order chi connectivity index (χ0) is 23.0. The summed E-state index contributed by atoms with van der Waals surface area (Å²) in [5.41, 5.74) is 0.675. The van der Waals surface area contributed by atoms with Crippen LogP contribution in [0.3, 0.4) is 0 Å². The number of hydrogen-bond donors (Lipinski definition) is 1. The van der Waals surface area contributed by atoms with Crippen molar-refractivity contribution in [3.8, 4) is 5.75 Å². The second kappa shape index (κ2) is 12.5. The lowest BCUT2D eigenvalue weighted by Gasteiger charge is -2.29. The molecule has 168 valence electrons. The molecule has 0 saturated carbocycles. The highest BCUT2D eigenvalue weighted by Gasteiger charge is 2.27. The summed E-state index contributed by atoms with van der Waals surface area (Å²) in [6, 6.07) is 9.41. The molecule has 0 heterocycles. The molecule has 0 radical (unpaired) electrons. The molecular formula is C22H24BrCl3N2O3. The number of carbonyl (C=O) groups is 2. The standard InChI is InChI=1S/C22H24BrCl3N2O3/c1-3-4-9-27-22(30)14(2)28(12-15-5-7-17(24)11-18(15)25)21(29)13-31-20-8-6-16(23)10-19(20)26/h5-8,10-11,14H,3-4,9,12-13H2,1-2H3,(H,27,30). The first kappa shape index (κ1) is 25.8. The van der Waals surface area contributed by atoms with Crippen LogP contribution in [0.15, 0.2) is 40.9 Å². The van der Waals surface area contributed by atoms with Gasteiger partial charge >= 0.3 is 0 Å². The van der Waals surface area contributed by atoms with E-state index < -0.39 is 6.04 Å². The molecule has 5 nitrogen and oxygen atoms in total. The molecule has 0 aliphatic carbocycles. The Morgan fingerprint density at radius 2 is 1.87 bits per heavy atom. The lowest BCUT2D eigenvalue weighted by molar-refractivity contribution is -0.142. The molecule has 1 unspecified atom stereocenters. The molecule has 0 spiro atoms. The molecule has 0 aromatic heterocycles. The van der Waals surface area contributed by atoms with Crippen LogP contribution in [0.25, 0.3) is 0 Å². The number of nitrogens with zero attached hydrogens (tertiary/aromatic N) is 1. The number of rotatable bonds is 10. The highest BCUT2D eigenvalue weighted by atomic mass is 79.9. The van der Waals surface area contributed by atoms with Crippen molar-refractivity contribution in [2.24, 2.45) is 0 Å². The monoisotopic (exact) mass is 548 g/mol. The molecule has 31 heavy (non-hydrogen) atoms. The van der Waals surface area contributed by atoms with E-state index in [0.717, 1.165) is 17.3 Å². The third-order valence-corrected chi connectivity index (χ3v) is 5.97. The summed E-state index contributed by atoms with van der Waals surface area (Å²) < 4.78 is 6.42. The van der Waals surface area contributed by atoms with Crippen LogP contribution in [-0.2, 0) is 16.1 Å². The van der Waals surface area contributed by atoms with Gasteiger partial charge in [-0.3, -0.25) is 9.59 Å². The molecule has 0 bridgehead atoms. The summed E-state index contributed by atoms with van der Waals surface area (Å²) in [5.74, 6) is -0.237. The molecule has 0 saturated heterocycles. The van der Waals surface area contributed by atoms with Crippen LogP contribution in [-0.4, -0.2) is 35.9 Å². The molecule has 9 heteroatoms. The van der Waals surface area contributed by atoms with Gasteiger partial charge in [0.25, 0.3) is 5.91 Å². The van der Waals surface area contributed by atoms with E-state index in [9.17, 15) is 9.59 Å². The maximum Gasteiger partial charge on any atom is 0.261 e. The Hall–Kier alpha value is -1.47. The van der Waals surface area contributed by atoms with Gasteiger partial charge in [0.05, 0.1) is 5.02 Å². The minimum absolute atomic E-state index is 0.134. The summed E-state index contributed by atoms with van der Waals surface area (Å²) in [7, 11) is 0. The fraction of sp³-hybridized carbons (Fsp3) is 0.364. The SMILES string of the molecule is CCCCNC(=O)C(C)N(Cc1ccc(Cl)cc1Cl)C(=O)COc1ccc(Br)cc1Cl. The van der Waals surface area contributed by atoms with Crippen LogP contribution in [0, 0.1) is 0 Å². The molecule has 1 atom stereocenters. The minimum atomic E-state index is -0.722. The fourth-order valence-corrected chi connectivity index (χ4v) is 3.96. The highest BCUT2D eigenvalue weighted by molar-refractivity contribution is 9.10. The van der Waals surface area contributed by atoms with Gasteiger partial charge in [0, 0.05) is 27.6 Å². The van der Waals surface area contributed by atoms with Gasteiger partial charge in [-0.25, -0.2) is 0 Å². The first-order valence-electron chi connectivity index (χ1n) is 9.81. The number of unbranched alkanes of at least 4 members (excludes halogenated alkanes) is 1. The zero-order valence-corrected chi connectivity index (χ0v) is 21.1. The average molecular weight is 551 g/mol. The maximum absolute atomic E-state index is 13.1. The lowest BCUT2D eigenvalue weighted by atomic mass is 10.1. The minimum Gasteiger partial charge on any atom is -0.482 e. The zero-order valence-electron chi connectivity index (χ0n) is 17.3. The van der Waals surface area contributed by atoms with Gasteiger partial charge in [-0.2, -0.15) is 0 Å². The van der Waals surface area contributed by atoms with Gasteiger partial charge in [-0.15, -0.1) is 0 Å². The van der Waals surface area contributed by atoms with Gasteiger partial charge < -0.3 is 15.0 Å². The van der Waals surface area contributed by atoms with Crippen LogP contribution in [0.4, 0.5) is 0 Å². The predicted molar refractivity (Wildman–Crippen MR) is 129 cm³/mol. The molecule has 2 rings (SSSR count). The van der Waals surface area contributed by atoms with Gasteiger partial charge in [0.15, 0.2) is 6.61 Å². The molecule has 0 aliphatic heterocycles. The van der Waals surface area contributed by atoms with E-state index in [0.29, 0.717) is 32.9 Å². The van der Waals surface area contributed by atoms with Crippen LogP contribution in [0.2, 0.25) is 15.1 Å². The first-order chi connectivity index (χ1) is 14.7. The number of halogens is 4. The number of amides is 2. The Balaban J connectivity index is 2.18. The molecule has 0 fully saturated rings. The molecule has 2 amide bonds. The van der Waals surface area contributed by atoms with Crippen molar-refractivity contribution in [1.29, 1.82) is 0 Å². The van der Waals surface area contributed by atoms with E-state index >= 15 is 0 Å². The summed E-state index contributed by atoms with van der Waals surface area (Å²) in [6.07, 6.45) is 1.82. The summed E-state index contributed by atoms with van der Waals surface area (Å²) >= 11 is 21.8. The molecule has 2 aromatic rings. The quantitative estimate of drug-likeness (QED) is 0.363. The Morgan fingerprint density at radius 3 is 2.52 bits per heavy atom. The summed E-state index contributed by atoms with van der Waals surface area (Å²) in [4.78, 5) is 27.1. The summed E-state index contributed by atoms with van der Waals surface area (Å²) in [6.45, 7) is 4.12. The van der Waals surface area contributed by atoms with E-state index in [1.807, 2.05) is 6.92 Å². The Bertz CT molecular complexity index is 927. The average Bonchev–Trinajstić information content (AvgIpc) is 2.72. The van der Waals surface area contributed by atoms with Crippen molar-refractivity contribution in [3.63, 3.8) is 0 Å².